The van der Waals surface area contributed by atoms with Crippen LogP contribution in [-0.4, -0.2) is 41.8 Å². The fraction of sp³-hybridized carbons (Fsp3) is 0.500. The van der Waals surface area contributed by atoms with Gasteiger partial charge in [0.2, 0.25) is 0 Å². The Morgan fingerprint density at radius 2 is 2.05 bits per heavy atom. The molecule has 1 aromatic carbocycles. The number of likely N-dealkylation sites (tertiary alicyclic amines) is 1. The summed E-state index contributed by atoms with van der Waals surface area (Å²) in [5.74, 6) is 0.217. The molecule has 0 atom stereocenters. The van der Waals surface area contributed by atoms with Crippen LogP contribution in [0.25, 0.3) is 0 Å². The van der Waals surface area contributed by atoms with Crippen molar-refractivity contribution < 1.29 is 14.5 Å². The molecule has 1 aliphatic rings. The van der Waals surface area contributed by atoms with Crippen molar-refractivity contribution >= 4 is 11.5 Å². The lowest BCUT2D eigenvalue weighted by Crippen LogP contribution is -2.35. The lowest BCUT2D eigenvalue weighted by molar-refractivity contribution is -0.384. The molecule has 6 heteroatoms. The highest BCUT2D eigenvalue weighted by atomic mass is 16.6. The third kappa shape index (κ3) is 3.33. The molecule has 1 aromatic rings. The summed E-state index contributed by atoms with van der Waals surface area (Å²) in [5.41, 5.74) is 0.184. The smallest absolute Gasteiger partial charge is 0.270 e. The molecule has 20 heavy (non-hydrogen) atoms. The molecule has 0 aromatic heterocycles. The minimum Gasteiger partial charge on any atom is -0.490 e. The van der Waals surface area contributed by atoms with Crippen molar-refractivity contribution in [1.82, 2.24) is 4.90 Å². The Balaban J connectivity index is 2.18. The van der Waals surface area contributed by atoms with Crippen LogP contribution in [0.2, 0.25) is 0 Å². The van der Waals surface area contributed by atoms with Crippen LogP contribution in [0.5, 0.6) is 5.75 Å². The van der Waals surface area contributed by atoms with E-state index < -0.39 is 4.92 Å². The van der Waals surface area contributed by atoms with Crippen molar-refractivity contribution in [2.24, 2.45) is 0 Å². The van der Waals surface area contributed by atoms with Crippen LogP contribution in [0.15, 0.2) is 18.2 Å². The number of hydrogen-bond donors (Lipinski definition) is 0. The van der Waals surface area contributed by atoms with Gasteiger partial charge in [-0.1, -0.05) is 0 Å². The Morgan fingerprint density at radius 1 is 1.40 bits per heavy atom. The Kier molecular flexibility index (Phi) is 4.34. The first-order valence-electron chi connectivity index (χ1n) is 6.62. The molecule has 0 unspecified atom stereocenters. The number of ether oxygens (including phenoxy) is 1. The van der Waals surface area contributed by atoms with E-state index in [1.807, 2.05) is 0 Å². The number of nitro groups is 1. The topological polar surface area (TPSA) is 72.7 Å². The zero-order chi connectivity index (χ0) is 14.7. The van der Waals surface area contributed by atoms with E-state index in [0.717, 1.165) is 25.9 Å². The van der Waals surface area contributed by atoms with Crippen LogP contribution in [0.1, 0.15) is 30.1 Å². The van der Waals surface area contributed by atoms with Gasteiger partial charge in [0.15, 0.2) is 5.78 Å². The van der Waals surface area contributed by atoms with Gasteiger partial charge in [-0.2, -0.15) is 0 Å². The average Bonchev–Trinajstić information content (AvgIpc) is 2.41. The molecule has 1 fully saturated rings. The standard InChI is InChI=1S/C14H18N2O4/c1-10(17)13-9-11(16(18)19)3-4-14(13)20-12-5-7-15(2)8-6-12/h3-4,9,12H,5-8H2,1-2H3. The number of carbonyl (C=O) groups is 1. The number of carbonyl (C=O) groups excluding carboxylic acids is 1. The second-order valence-corrected chi connectivity index (χ2v) is 5.11. The summed E-state index contributed by atoms with van der Waals surface area (Å²) in [6.45, 7) is 3.29. The quantitative estimate of drug-likeness (QED) is 0.480. The van der Waals surface area contributed by atoms with E-state index in [1.54, 1.807) is 0 Å². The van der Waals surface area contributed by atoms with Crippen LogP contribution in [-0.2, 0) is 0 Å². The molecule has 6 nitrogen and oxygen atoms in total. The number of hydrogen-bond acceptors (Lipinski definition) is 5. The summed E-state index contributed by atoms with van der Waals surface area (Å²) in [6, 6.07) is 4.18. The summed E-state index contributed by atoms with van der Waals surface area (Å²) in [7, 11) is 2.06. The first-order valence-corrected chi connectivity index (χ1v) is 6.62. The first-order chi connectivity index (χ1) is 9.47. The number of rotatable bonds is 4. The lowest BCUT2D eigenvalue weighted by atomic mass is 10.1. The third-order valence-electron chi connectivity index (χ3n) is 3.51. The highest BCUT2D eigenvalue weighted by Crippen LogP contribution is 2.27. The summed E-state index contributed by atoms with van der Waals surface area (Å²) < 4.78 is 5.86. The van der Waals surface area contributed by atoms with Crippen molar-refractivity contribution in [2.45, 2.75) is 25.9 Å². The van der Waals surface area contributed by atoms with E-state index in [2.05, 4.69) is 11.9 Å². The van der Waals surface area contributed by atoms with Gasteiger partial charge in [0, 0.05) is 25.2 Å². The van der Waals surface area contributed by atoms with Gasteiger partial charge in [-0.05, 0) is 32.9 Å². The highest BCUT2D eigenvalue weighted by molar-refractivity contribution is 5.97. The van der Waals surface area contributed by atoms with E-state index >= 15 is 0 Å². The summed E-state index contributed by atoms with van der Waals surface area (Å²) >= 11 is 0. The second kappa shape index (κ2) is 6.00. The van der Waals surface area contributed by atoms with Crippen molar-refractivity contribution in [2.75, 3.05) is 20.1 Å². The molecule has 108 valence electrons. The molecular formula is C14H18N2O4. The maximum Gasteiger partial charge on any atom is 0.270 e. The number of Topliss-reactive ketones (excluding diaryl/α,β-unsaturated/α-hetero) is 1. The predicted octanol–water partition coefficient (Wildman–Crippen LogP) is 2.27. The van der Waals surface area contributed by atoms with Crippen LogP contribution in [0.4, 0.5) is 5.69 Å². The summed E-state index contributed by atoms with van der Waals surface area (Å²) in [6.07, 6.45) is 1.85. The maximum atomic E-state index is 11.6. The normalized spacial score (nSPS) is 16.9. The number of piperidine rings is 1. The van der Waals surface area contributed by atoms with E-state index in [9.17, 15) is 14.9 Å². The number of benzene rings is 1. The molecule has 1 heterocycles. The molecule has 0 saturated carbocycles. The minimum atomic E-state index is -0.508. The van der Waals surface area contributed by atoms with Gasteiger partial charge in [0.25, 0.3) is 5.69 Å². The van der Waals surface area contributed by atoms with Gasteiger partial charge in [-0.3, -0.25) is 14.9 Å². The first kappa shape index (κ1) is 14.5. The Bertz CT molecular complexity index is 522. The zero-order valence-electron chi connectivity index (χ0n) is 11.7. The van der Waals surface area contributed by atoms with E-state index in [1.165, 1.54) is 25.1 Å². The number of non-ortho nitro benzene ring substituents is 1. The van der Waals surface area contributed by atoms with Gasteiger partial charge in [0.1, 0.15) is 11.9 Å². The fourth-order valence-electron chi connectivity index (χ4n) is 2.29. The van der Waals surface area contributed by atoms with Crippen molar-refractivity contribution in [3.63, 3.8) is 0 Å². The van der Waals surface area contributed by atoms with Crippen molar-refractivity contribution in [3.8, 4) is 5.75 Å². The third-order valence-corrected chi connectivity index (χ3v) is 3.51. The predicted molar refractivity (Wildman–Crippen MR) is 74.2 cm³/mol. The second-order valence-electron chi connectivity index (χ2n) is 5.11. The molecule has 1 aliphatic heterocycles. The van der Waals surface area contributed by atoms with Gasteiger partial charge >= 0.3 is 0 Å². The van der Waals surface area contributed by atoms with Gasteiger partial charge in [0.05, 0.1) is 10.5 Å². The summed E-state index contributed by atoms with van der Waals surface area (Å²) in [4.78, 5) is 24.1. The monoisotopic (exact) mass is 278 g/mol. The largest absolute Gasteiger partial charge is 0.490 e. The molecular weight excluding hydrogens is 260 g/mol. The van der Waals surface area contributed by atoms with Gasteiger partial charge in [-0.25, -0.2) is 0 Å². The molecule has 0 spiro atoms. The molecule has 0 amide bonds. The SMILES string of the molecule is CC(=O)c1cc([N+](=O)[O-])ccc1OC1CCN(C)CC1. The van der Waals surface area contributed by atoms with Crippen LogP contribution >= 0.6 is 0 Å². The van der Waals surface area contributed by atoms with Gasteiger partial charge in [-0.15, -0.1) is 0 Å². The molecule has 0 bridgehead atoms. The number of nitro benzene ring substituents is 1. The van der Waals surface area contributed by atoms with E-state index in [4.69, 9.17) is 4.74 Å². The lowest BCUT2D eigenvalue weighted by Gasteiger charge is -2.29. The Labute approximate surface area is 117 Å². The van der Waals surface area contributed by atoms with Crippen LogP contribution < -0.4 is 4.74 Å². The minimum absolute atomic E-state index is 0.0609. The van der Waals surface area contributed by atoms with Crippen molar-refractivity contribution in [1.29, 1.82) is 0 Å². The van der Waals surface area contributed by atoms with Crippen LogP contribution in [0.3, 0.4) is 0 Å². The van der Waals surface area contributed by atoms with Crippen molar-refractivity contribution in [3.05, 3.63) is 33.9 Å². The zero-order valence-corrected chi connectivity index (χ0v) is 11.7. The molecule has 0 N–H and O–H groups in total. The maximum absolute atomic E-state index is 11.6. The molecule has 0 radical (unpaired) electrons. The molecule has 1 saturated heterocycles. The van der Waals surface area contributed by atoms with E-state index in [0.29, 0.717) is 5.75 Å². The number of nitrogens with zero attached hydrogens (tertiary/aromatic N) is 2. The number of ketones is 1. The Morgan fingerprint density at radius 3 is 2.60 bits per heavy atom. The fourth-order valence-corrected chi connectivity index (χ4v) is 2.29. The average molecular weight is 278 g/mol. The molecule has 2 rings (SSSR count). The molecule has 0 aliphatic carbocycles. The Hall–Kier alpha value is -1.95. The van der Waals surface area contributed by atoms with E-state index in [-0.39, 0.29) is 23.1 Å². The highest BCUT2D eigenvalue weighted by Gasteiger charge is 2.21. The van der Waals surface area contributed by atoms with Crippen LogP contribution in [0, 0.1) is 10.1 Å². The summed E-state index contributed by atoms with van der Waals surface area (Å²) in [5, 5.41) is 10.8. The van der Waals surface area contributed by atoms with Gasteiger partial charge < -0.3 is 9.64 Å².